The Labute approximate surface area is 265 Å². The smallest absolute Gasteiger partial charge is 0.313 e. The fraction of sp³-hybridized carbons (Fsp3) is 0.588. The minimum absolute atomic E-state index is 0.0573. The zero-order valence-corrected chi connectivity index (χ0v) is 26.4. The van der Waals surface area contributed by atoms with E-state index in [0.29, 0.717) is 37.9 Å². The second-order valence-electron chi connectivity index (χ2n) is 12.0. The molecule has 3 aliphatic heterocycles. The molecule has 3 amide bonds. The second-order valence-corrected chi connectivity index (χ2v) is 12.0. The summed E-state index contributed by atoms with van der Waals surface area (Å²) in [6.07, 6.45) is 5.06. The van der Waals surface area contributed by atoms with Gasteiger partial charge in [-0.1, -0.05) is 55.8 Å². The minimum atomic E-state index is -1.21. The van der Waals surface area contributed by atoms with Gasteiger partial charge in [0.2, 0.25) is 17.7 Å². The second kappa shape index (κ2) is 15.6. The van der Waals surface area contributed by atoms with Crippen LogP contribution in [-0.2, 0) is 33.4 Å². The zero-order chi connectivity index (χ0) is 32.6. The van der Waals surface area contributed by atoms with Crippen molar-refractivity contribution < 1.29 is 38.5 Å². The first-order valence-electron chi connectivity index (χ1n) is 15.9. The van der Waals surface area contributed by atoms with E-state index >= 15 is 0 Å². The van der Waals surface area contributed by atoms with Gasteiger partial charge in [0.15, 0.2) is 0 Å². The molecule has 3 fully saturated rings. The molecule has 3 heterocycles. The number of ether oxygens (including phenoxy) is 3. The number of nitrogens with zero attached hydrogens (tertiary/aromatic N) is 2. The van der Waals surface area contributed by atoms with Crippen molar-refractivity contribution >= 4 is 23.7 Å². The molecule has 45 heavy (non-hydrogen) atoms. The van der Waals surface area contributed by atoms with E-state index in [2.05, 4.69) is 18.5 Å². The largest absolute Gasteiger partial charge is 0.455 e. The first-order valence-corrected chi connectivity index (χ1v) is 15.9. The molecule has 1 aromatic carbocycles. The maximum Gasteiger partial charge on any atom is 0.313 e. The summed E-state index contributed by atoms with van der Waals surface area (Å²) >= 11 is 0. The van der Waals surface area contributed by atoms with Crippen molar-refractivity contribution in [2.75, 3.05) is 40.0 Å². The number of fused-ring (bicyclic) bond motifs is 1. The van der Waals surface area contributed by atoms with Crippen LogP contribution in [0.5, 0.6) is 0 Å². The van der Waals surface area contributed by atoms with E-state index in [1.54, 1.807) is 29.2 Å². The van der Waals surface area contributed by atoms with Crippen LogP contribution in [-0.4, -0.2) is 102 Å². The highest BCUT2D eigenvalue weighted by atomic mass is 16.6. The molecule has 7 atom stereocenters. The molecule has 11 nitrogen and oxygen atoms in total. The first-order chi connectivity index (χ1) is 21.8. The Balaban J connectivity index is 1.66. The SMILES string of the molecule is C=CCCC(=O)N[C@@H](COC)[C@@H](OC(=O)[C@@H]1[C@@H]2CC[C@]3(O2)[C@H](C(=O)N(CC=C)CCCC)N(CCO)C(=O)[C@@H]13)c1ccccc1. The van der Waals surface area contributed by atoms with E-state index in [4.69, 9.17) is 14.2 Å². The number of likely N-dealkylation sites (tertiary alicyclic amines) is 1. The molecule has 3 saturated heterocycles. The van der Waals surface area contributed by atoms with Gasteiger partial charge in [-0.3, -0.25) is 19.2 Å². The van der Waals surface area contributed by atoms with Crippen LogP contribution in [0.3, 0.4) is 0 Å². The number of nitrogens with one attached hydrogen (secondary N) is 1. The highest BCUT2D eigenvalue weighted by Gasteiger charge is 2.75. The Bertz CT molecular complexity index is 1230. The third-order valence-corrected chi connectivity index (χ3v) is 9.09. The van der Waals surface area contributed by atoms with Crippen molar-refractivity contribution in [3.63, 3.8) is 0 Å². The summed E-state index contributed by atoms with van der Waals surface area (Å²) < 4.78 is 18.1. The predicted molar refractivity (Wildman–Crippen MR) is 167 cm³/mol. The minimum Gasteiger partial charge on any atom is -0.455 e. The van der Waals surface area contributed by atoms with Crippen LogP contribution < -0.4 is 5.32 Å². The van der Waals surface area contributed by atoms with E-state index in [-0.39, 0.29) is 38.0 Å². The number of rotatable bonds is 18. The number of carbonyl (C=O) groups is 4. The lowest BCUT2D eigenvalue weighted by Crippen LogP contribution is -2.56. The number of allylic oxidation sites excluding steroid dienone is 1. The highest BCUT2D eigenvalue weighted by Crippen LogP contribution is 2.59. The van der Waals surface area contributed by atoms with Gasteiger partial charge in [-0.05, 0) is 31.2 Å². The summed E-state index contributed by atoms with van der Waals surface area (Å²) in [5.74, 6) is -3.45. The topological polar surface area (TPSA) is 135 Å². The Morgan fingerprint density at radius 2 is 2.00 bits per heavy atom. The molecule has 4 rings (SSSR count). The first kappa shape index (κ1) is 34.3. The fourth-order valence-corrected chi connectivity index (χ4v) is 7.14. The molecule has 0 aromatic heterocycles. The van der Waals surface area contributed by atoms with E-state index < -0.39 is 53.6 Å². The van der Waals surface area contributed by atoms with Crippen LogP contribution in [0.1, 0.15) is 57.1 Å². The Morgan fingerprint density at radius 3 is 2.64 bits per heavy atom. The molecular formula is C34H47N3O8. The maximum absolute atomic E-state index is 14.2. The van der Waals surface area contributed by atoms with Gasteiger partial charge in [-0.25, -0.2) is 0 Å². The molecule has 1 aromatic rings. The van der Waals surface area contributed by atoms with Crippen molar-refractivity contribution in [1.82, 2.24) is 15.1 Å². The van der Waals surface area contributed by atoms with Gasteiger partial charge in [0, 0.05) is 33.2 Å². The lowest BCUT2D eigenvalue weighted by atomic mass is 9.70. The van der Waals surface area contributed by atoms with Crippen molar-refractivity contribution in [2.45, 2.75) is 75.3 Å². The molecule has 1 spiro atoms. The number of β-amino-alcohol motifs (C(OH)–C–C–N with tert-alkyl or cyclic N) is 1. The zero-order valence-electron chi connectivity index (χ0n) is 26.4. The van der Waals surface area contributed by atoms with Crippen molar-refractivity contribution in [2.24, 2.45) is 11.8 Å². The number of hydrogen-bond acceptors (Lipinski definition) is 8. The summed E-state index contributed by atoms with van der Waals surface area (Å²) in [7, 11) is 1.50. The monoisotopic (exact) mass is 625 g/mol. The molecule has 11 heteroatoms. The summed E-state index contributed by atoms with van der Waals surface area (Å²) in [6.45, 7) is 9.98. The van der Waals surface area contributed by atoms with Crippen LogP contribution in [0.15, 0.2) is 55.6 Å². The summed E-state index contributed by atoms with van der Waals surface area (Å²) in [5, 5.41) is 12.8. The number of esters is 1. The van der Waals surface area contributed by atoms with Gasteiger partial charge in [0.1, 0.15) is 17.7 Å². The van der Waals surface area contributed by atoms with E-state index in [1.165, 1.54) is 12.0 Å². The van der Waals surface area contributed by atoms with Gasteiger partial charge in [-0.15, -0.1) is 13.2 Å². The van der Waals surface area contributed by atoms with Crippen molar-refractivity contribution in [3.05, 3.63) is 61.2 Å². The number of methoxy groups -OCH3 is 1. The third kappa shape index (κ3) is 7.00. The molecule has 0 saturated carbocycles. The molecule has 2 N–H and O–H groups in total. The summed E-state index contributed by atoms with van der Waals surface area (Å²) in [5.41, 5.74) is -0.560. The number of carbonyl (C=O) groups excluding carboxylic acids is 4. The van der Waals surface area contributed by atoms with Crippen LogP contribution in [0.4, 0.5) is 0 Å². The number of aliphatic hydroxyl groups excluding tert-OH is 1. The quantitative estimate of drug-likeness (QED) is 0.188. The third-order valence-electron chi connectivity index (χ3n) is 9.09. The van der Waals surface area contributed by atoms with Crippen molar-refractivity contribution in [1.29, 1.82) is 0 Å². The van der Waals surface area contributed by atoms with Gasteiger partial charge in [0.05, 0.1) is 37.2 Å². The van der Waals surface area contributed by atoms with Crippen LogP contribution in [0.2, 0.25) is 0 Å². The fourth-order valence-electron chi connectivity index (χ4n) is 7.14. The summed E-state index contributed by atoms with van der Waals surface area (Å²) in [4.78, 5) is 58.2. The number of benzene rings is 1. The van der Waals surface area contributed by atoms with Gasteiger partial charge in [-0.2, -0.15) is 0 Å². The normalized spacial score (nSPS) is 26.2. The maximum atomic E-state index is 14.2. The Hall–Kier alpha value is -3.54. The van der Waals surface area contributed by atoms with Crippen LogP contribution in [0.25, 0.3) is 0 Å². The summed E-state index contributed by atoms with van der Waals surface area (Å²) in [6, 6.07) is 7.38. The predicted octanol–water partition coefficient (Wildman–Crippen LogP) is 2.55. The van der Waals surface area contributed by atoms with Gasteiger partial charge in [0.25, 0.3) is 0 Å². The number of hydrogen-bond donors (Lipinski definition) is 2. The number of unbranched alkanes of at least 4 members (excludes halogenated alkanes) is 1. The Kier molecular flexibility index (Phi) is 11.9. The van der Waals surface area contributed by atoms with Crippen LogP contribution in [0, 0.1) is 11.8 Å². The molecular weight excluding hydrogens is 578 g/mol. The molecule has 2 bridgehead atoms. The molecule has 3 aliphatic rings. The van der Waals surface area contributed by atoms with E-state index in [9.17, 15) is 24.3 Å². The average molecular weight is 626 g/mol. The van der Waals surface area contributed by atoms with Gasteiger partial charge < -0.3 is 34.4 Å². The Morgan fingerprint density at radius 1 is 1.24 bits per heavy atom. The highest BCUT2D eigenvalue weighted by molar-refractivity contribution is 5.98. The van der Waals surface area contributed by atoms with Gasteiger partial charge >= 0.3 is 5.97 Å². The van der Waals surface area contributed by atoms with E-state index in [1.807, 2.05) is 25.1 Å². The lowest BCUT2D eigenvalue weighted by Gasteiger charge is -2.36. The molecule has 246 valence electrons. The number of amides is 3. The van der Waals surface area contributed by atoms with E-state index in [0.717, 1.165) is 12.8 Å². The van der Waals surface area contributed by atoms with Crippen LogP contribution >= 0.6 is 0 Å². The standard InChI is InChI=1S/C34H47N3O8/c1-5-8-15-26(39)35-24(22-43-4)29(23-13-11-10-12-14-23)44-33(42)27-25-16-17-34(45-25)28(27)31(40)37(20-21-38)30(34)32(41)36(18-7-3)19-9-6-2/h5,7,10-14,24-25,27-30,38H,1,3,6,8-9,15-22H2,2,4H3,(H,35,39)/t24-,25-,27+,28+,29-,30-,34+/m0/s1. The molecule has 0 aliphatic carbocycles. The average Bonchev–Trinajstić information content (AvgIpc) is 3.68. The lowest BCUT2D eigenvalue weighted by molar-refractivity contribution is -0.163. The van der Waals surface area contributed by atoms with Crippen molar-refractivity contribution in [3.8, 4) is 0 Å². The number of aliphatic hydroxyl groups is 1. The molecule has 0 radical (unpaired) electrons. The molecule has 0 unspecified atom stereocenters.